The van der Waals surface area contributed by atoms with Crippen LogP contribution >= 0.6 is 0 Å². The summed E-state index contributed by atoms with van der Waals surface area (Å²) in [4.78, 5) is 23.2. The Balaban J connectivity index is 1.89. The van der Waals surface area contributed by atoms with Crippen LogP contribution in [0.3, 0.4) is 0 Å². The number of hydrogen-bond donors (Lipinski definition) is 1. The van der Waals surface area contributed by atoms with Gasteiger partial charge in [0.25, 0.3) is 0 Å². The molecule has 3 saturated carbocycles. The Bertz CT molecular complexity index is 332. The zero-order chi connectivity index (χ0) is 12.6. The van der Waals surface area contributed by atoms with E-state index in [1.54, 1.807) is 0 Å². The lowest BCUT2D eigenvalue weighted by molar-refractivity contribution is -0.130. The van der Waals surface area contributed by atoms with E-state index in [9.17, 15) is 9.59 Å². The number of fused-ring (bicyclic) bond motifs is 3. The van der Waals surface area contributed by atoms with Crippen molar-refractivity contribution in [3.05, 3.63) is 0 Å². The van der Waals surface area contributed by atoms with Crippen molar-refractivity contribution in [1.82, 2.24) is 5.32 Å². The molecule has 3 atom stereocenters. The van der Waals surface area contributed by atoms with Crippen molar-refractivity contribution in [2.75, 3.05) is 0 Å². The Morgan fingerprint density at radius 1 is 1.35 bits per heavy atom. The van der Waals surface area contributed by atoms with Gasteiger partial charge in [0.2, 0.25) is 0 Å². The van der Waals surface area contributed by atoms with Gasteiger partial charge < -0.3 is 10.1 Å². The van der Waals surface area contributed by atoms with E-state index in [1.165, 1.54) is 0 Å². The van der Waals surface area contributed by atoms with Crippen molar-refractivity contribution in [1.29, 1.82) is 0 Å². The quantitative estimate of drug-likeness (QED) is 0.763. The SMILES string of the molecule is CC(C)(C)OC(=O)N[C@@H]1C[C@H]2CC[C@@H]1CC2=O. The molecule has 0 heterocycles. The highest BCUT2D eigenvalue weighted by molar-refractivity contribution is 5.83. The molecule has 0 saturated heterocycles. The van der Waals surface area contributed by atoms with Gasteiger partial charge in [-0.3, -0.25) is 4.79 Å². The van der Waals surface area contributed by atoms with Gasteiger partial charge in [0, 0.05) is 18.4 Å². The molecular formula is C13H21NO3. The summed E-state index contributed by atoms with van der Waals surface area (Å²) < 4.78 is 5.24. The van der Waals surface area contributed by atoms with Gasteiger partial charge in [-0.2, -0.15) is 0 Å². The first-order valence-electron chi connectivity index (χ1n) is 6.37. The maximum Gasteiger partial charge on any atom is 0.407 e. The average molecular weight is 239 g/mol. The normalized spacial score (nSPS) is 32.4. The molecule has 3 aliphatic rings. The highest BCUT2D eigenvalue weighted by Gasteiger charge is 2.41. The van der Waals surface area contributed by atoms with Crippen LogP contribution in [0.1, 0.15) is 46.5 Å². The number of alkyl carbamates (subject to hydrolysis) is 1. The molecule has 0 aromatic heterocycles. The fourth-order valence-corrected chi connectivity index (χ4v) is 2.83. The van der Waals surface area contributed by atoms with Gasteiger partial charge in [0.05, 0.1) is 0 Å². The summed E-state index contributed by atoms with van der Waals surface area (Å²) in [6, 6.07) is 0.126. The molecule has 3 fully saturated rings. The van der Waals surface area contributed by atoms with Crippen LogP contribution in [0, 0.1) is 11.8 Å². The van der Waals surface area contributed by atoms with Crippen molar-refractivity contribution in [3.8, 4) is 0 Å². The first-order chi connectivity index (χ1) is 7.85. The lowest BCUT2D eigenvalue weighted by atomic mass is 9.67. The van der Waals surface area contributed by atoms with Crippen molar-refractivity contribution >= 4 is 11.9 Å². The largest absolute Gasteiger partial charge is 0.444 e. The summed E-state index contributed by atoms with van der Waals surface area (Å²) in [7, 11) is 0. The Labute approximate surface area is 102 Å². The molecule has 0 spiro atoms. The number of rotatable bonds is 1. The lowest BCUT2D eigenvalue weighted by Crippen LogP contribution is -2.51. The third-order valence-electron chi connectivity index (χ3n) is 3.61. The molecule has 96 valence electrons. The smallest absolute Gasteiger partial charge is 0.407 e. The van der Waals surface area contributed by atoms with E-state index in [0.717, 1.165) is 19.3 Å². The number of amides is 1. The highest BCUT2D eigenvalue weighted by atomic mass is 16.6. The van der Waals surface area contributed by atoms with E-state index in [1.807, 2.05) is 20.8 Å². The van der Waals surface area contributed by atoms with Crippen LogP contribution in [-0.2, 0) is 9.53 Å². The topological polar surface area (TPSA) is 55.4 Å². The average Bonchev–Trinajstić information content (AvgIpc) is 2.16. The molecule has 3 rings (SSSR count). The minimum Gasteiger partial charge on any atom is -0.444 e. The molecule has 4 heteroatoms. The van der Waals surface area contributed by atoms with Gasteiger partial charge in [-0.05, 0) is 46.0 Å². The Kier molecular flexibility index (Phi) is 3.15. The first kappa shape index (κ1) is 12.4. The summed E-state index contributed by atoms with van der Waals surface area (Å²) in [5.41, 5.74) is -0.465. The Hall–Kier alpha value is -1.06. The molecule has 3 aliphatic carbocycles. The molecule has 0 aromatic rings. The number of ketones is 1. The zero-order valence-electron chi connectivity index (χ0n) is 10.8. The standard InChI is InChI=1S/C13H21NO3/c1-13(2,3)17-12(16)14-10-6-9-5-4-8(10)7-11(9)15/h8-10H,4-7H2,1-3H3,(H,14,16)/t8-,9-,10-/m1/s1. The molecule has 1 N–H and O–H groups in total. The van der Waals surface area contributed by atoms with Gasteiger partial charge in [0.15, 0.2) is 0 Å². The molecule has 0 aliphatic heterocycles. The van der Waals surface area contributed by atoms with Crippen LogP contribution in [0.25, 0.3) is 0 Å². The maximum absolute atomic E-state index is 11.7. The van der Waals surface area contributed by atoms with Crippen molar-refractivity contribution in [2.24, 2.45) is 11.8 Å². The van der Waals surface area contributed by atoms with Crippen molar-refractivity contribution < 1.29 is 14.3 Å². The Morgan fingerprint density at radius 3 is 2.53 bits per heavy atom. The van der Waals surface area contributed by atoms with Crippen molar-refractivity contribution in [2.45, 2.75) is 58.1 Å². The first-order valence-corrected chi connectivity index (χ1v) is 6.37. The molecular weight excluding hydrogens is 218 g/mol. The number of nitrogens with one attached hydrogen (secondary N) is 1. The number of carbonyl (C=O) groups is 2. The summed E-state index contributed by atoms with van der Waals surface area (Å²) in [6.07, 6.45) is 3.11. The summed E-state index contributed by atoms with van der Waals surface area (Å²) in [6.45, 7) is 5.55. The third kappa shape index (κ3) is 2.99. The predicted molar refractivity (Wildman–Crippen MR) is 63.6 cm³/mol. The van der Waals surface area contributed by atoms with E-state index in [2.05, 4.69) is 5.32 Å². The van der Waals surface area contributed by atoms with Crippen LogP contribution in [0.4, 0.5) is 4.79 Å². The predicted octanol–water partition coefficient (Wildman–Crippen LogP) is 2.27. The minimum absolute atomic E-state index is 0.126. The summed E-state index contributed by atoms with van der Waals surface area (Å²) in [5.74, 6) is 0.864. The number of ether oxygens (including phenoxy) is 1. The van der Waals surface area contributed by atoms with Crippen LogP contribution < -0.4 is 5.32 Å². The van der Waals surface area contributed by atoms with E-state index < -0.39 is 5.60 Å². The van der Waals surface area contributed by atoms with Gasteiger partial charge in [-0.15, -0.1) is 0 Å². The molecule has 0 unspecified atom stereocenters. The van der Waals surface area contributed by atoms with Gasteiger partial charge in [0.1, 0.15) is 11.4 Å². The second-order valence-electron chi connectivity index (χ2n) is 6.19. The third-order valence-corrected chi connectivity index (χ3v) is 3.61. The van der Waals surface area contributed by atoms with Crippen molar-refractivity contribution in [3.63, 3.8) is 0 Å². The lowest BCUT2D eigenvalue weighted by Gasteiger charge is -2.41. The van der Waals surface area contributed by atoms with E-state index >= 15 is 0 Å². The van der Waals surface area contributed by atoms with Gasteiger partial charge in [-0.25, -0.2) is 4.79 Å². The zero-order valence-corrected chi connectivity index (χ0v) is 10.8. The van der Waals surface area contributed by atoms with E-state index in [-0.39, 0.29) is 18.1 Å². The van der Waals surface area contributed by atoms with Crippen LogP contribution in [-0.4, -0.2) is 23.5 Å². The molecule has 2 bridgehead atoms. The second kappa shape index (κ2) is 4.31. The molecule has 17 heavy (non-hydrogen) atoms. The minimum atomic E-state index is -0.465. The number of Topliss-reactive ketones (excluding diaryl/α,β-unsaturated/α-hetero) is 1. The summed E-state index contributed by atoms with van der Waals surface area (Å²) in [5, 5.41) is 2.91. The highest BCUT2D eigenvalue weighted by Crippen LogP contribution is 2.39. The van der Waals surface area contributed by atoms with Crippen LogP contribution in [0.15, 0.2) is 0 Å². The van der Waals surface area contributed by atoms with E-state index in [4.69, 9.17) is 4.74 Å². The number of hydrogen-bond acceptors (Lipinski definition) is 3. The molecule has 4 nitrogen and oxygen atoms in total. The Morgan fingerprint density at radius 2 is 2.06 bits per heavy atom. The molecule has 0 radical (unpaired) electrons. The summed E-state index contributed by atoms with van der Waals surface area (Å²) >= 11 is 0. The van der Waals surface area contributed by atoms with Crippen LogP contribution in [0.2, 0.25) is 0 Å². The van der Waals surface area contributed by atoms with E-state index in [0.29, 0.717) is 18.1 Å². The van der Waals surface area contributed by atoms with Gasteiger partial charge in [-0.1, -0.05) is 0 Å². The maximum atomic E-state index is 11.7. The monoisotopic (exact) mass is 239 g/mol. The van der Waals surface area contributed by atoms with Gasteiger partial charge >= 0.3 is 6.09 Å². The fraction of sp³-hybridized carbons (Fsp3) is 0.846. The fourth-order valence-electron chi connectivity index (χ4n) is 2.83. The van der Waals surface area contributed by atoms with Crippen LogP contribution in [0.5, 0.6) is 0 Å². The second-order valence-corrected chi connectivity index (χ2v) is 6.19. The molecule has 0 aromatic carbocycles. The molecule has 1 amide bonds. The number of carbonyl (C=O) groups excluding carboxylic acids is 2.